The Morgan fingerprint density at radius 1 is 1.25 bits per heavy atom. The molecule has 1 fully saturated rings. The number of aliphatic imine (C=N–C) groups is 1. The standard InChI is InChI=1S/C15H19N/c1-2-3-9-15-14-11-10-13(14)8-6-4-5-7-12-16-15/h2-7,9,13-14H,1,8,10-12H2/b6-4-,7-5-,9-3-,16-15-. The second kappa shape index (κ2) is 5.64. The minimum atomic E-state index is 0.673. The van der Waals surface area contributed by atoms with Gasteiger partial charge in [-0.3, -0.25) is 4.99 Å². The molecule has 2 rings (SSSR count). The molecule has 2 unspecified atom stereocenters. The predicted octanol–water partition coefficient (Wildman–Crippen LogP) is 3.71. The molecule has 16 heavy (non-hydrogen) atoms. The van der Waals surface area contributed by atoms with Crippen molar-refractivity contribution in [2.24, 2.45) is 16.8 Å². The lowest BCUT2D eigenvalue weighted by molar-refractivity contribution is 0.250. The van der Waals surface area contributed by atoms with Crippen LogP contribution >= 0.6 is 0 Å². The molecule has 0 saturated heterocycles. The second-order valence-corrected chi connectivity index (χ2v) is 4.40. The monoisotopic (exact) mass is 213 g/mol. The topological polar surface area (TPSA) is 12.4 Å². The second-order valence-electron chi connectivity index (χ2n) is 4.40. The Morgan fingerprint density at radius 2 is 2.12 bits per heavy atom. The quantitative estimate of drug-likeness (QED) is 0.620. The van der Waals surface area contributed by atoms with Crippen LogP contribution in [-0.4, -0.2) is 12.3 Å². The molecule has 1 heteroatoms. The summed E-state index contributed by atoms with van der Waals surface area (Å²) in [6.45, 7) is 4.51. The fourth-order valence-corrected chi connectivity index (χ4v) is 2.33. The maximum Gasteiger partial charge on any atom is 0.0576 e. The molecule has 0 aromatic carbocycles. The van der Waals surface area contributed by atoms with Crippen LogP contribution in [-0.2, 0) is 0 Å². The molecule has 0 aromatic rings. The van der Waals surface area contributed by atoms with Crippen LogP contribution in [0.3, 0.4) is 0 Å². The Kier molecular flexibility index (Phi) is 3.92. The van der Waals surface area contributed by atoms with Crippen molar-refractivity contribution in [3.05, 3.63) is 49.1 Å². The van der Waals surface area contributed by atoms with Gasteiger partial charge in [-0.25, -0.2) is 0 Å². The highest BCUT2D eigenvalue weighted by molar-refractivity contribution is 5.97. The van der Waals surface area contributed by atoms with Gasteiger partial charge in [0.05, 0.1) is 6.54 Å². The van der Waals surface area contributed by atoms with Gasteiger partial charge in [-0.1, -0.05) is 43.0 Å². The first kappa shape index (κ1) is 11.1. The van der Waals surface area contributed by atoms with E-state index in [0.29, 0.717) is 5.92 Å². The Labute approximate surface area is 98.0 Å². The number of allylic oxidation sites excluding steroid dienone is 6. The molecule has 0 N–H and O–H groups in total. The zero-order chi connectivity index (χ0) is 11.2. The van der Waals surface area contributed by atoms with E-state index in [1.165, 1.54) is 25.0 Å². The van der Waals surface area contributed by atoms with Gasteiger partial charge in [0, 0.05) is 11.6 Å². The number of fused-ring (bicyclic) bond motifs is 1. The molecular weight excluding hydrogens is 194 g/mol. The van der Waals surface area contributed by atoms with Crippen LogP contribution in [0.4, 0.5) is 0 Å². The molecule has 1 nitrogen and oxygen atoms in total. The molecular formula is C15H19N. The summed E-state index contributed by atoms with van der Waals surface area (Å²) in [6.07, 6.45) is 18.4. The lowest BCUT2D eigenvalue weighted by atomic mass is 9.69. The van der Waals surface area contributed by atoms with Gasteiger partial charge in [0.15, 0.2) is 0 Å². The van der Waals surface area contributed by atoms with Crippen molar-refractivity contribution in [2.45, 2.75) is 19.3 Å². The summed E-state index contributed by atoms with van der Waals surface area (Å²) in [5, 5.41) is 0. The normalized spacial score (nSPS) is 36.6. The minimum Gasteiger partial charge on any atom is -0.285 e. The summed E-state index contributed by atoms with van der Waals surface area (Å²) in [5.74, 6) is 1.48. The van der Waals surface area contributed by atoms with Gasteiger partial charge in [0.2, 0.25) is 0 Å². The summed E-state index contributed by atoms with van der Waals surface area (Å²) in [4.78, 5) is 4.67. The number of hydrogen-bond donors (Lipinski definition) is 0. The summed E-state index contributed by atoms with van der Waals surface area (Å²) in [6, 6.07) is 0. The zero-order valence-corrected chi connectivity index (χ0v) is 9.68. The van der Waals surface area contributed by atoms with Gasteiger partial charge in [0.1, 0.15) is 0 Å². The van der Waals surface area contributed by atoms with Gasteiger partial charge in [-0.15, -0.1) is 0 Å². The van der Waals surface area contributed by atoms with Gasteiger partial charge in [0.25, 0.3) is 0 Å². The summed E-state index contributed by atoms with van der Waals surface area (Å²) >= 11 is 0. The largest absolute Gasteiger partial charge is 0.285 e. The first-order chi connectivity index (χ1) is 7.92. The Bertz CT molecular complexity index is 358. The Morgan fingerprint density at radius 3 is 2.88 bits per heavy atom. The van der Waals surface area contributed by atoms with Crippen LogP contribution in [0.2, 0.25) is 0 Å². The lowest BCUT2D eigenvalue weighted by Crippen LogP contribution is -2.32. The first-order valence-corrected chi connectivity index (χ1v) is 6.07. The molecule has 2 atom stereocenters. The fourth-order valence-electron chi connectivity index (χ4n) is 2.33. The van der Waals surface area contributed by atoms with E-state index in [4.69, 9.17) is 0 Å². The van der Waals surface area contributed by atoms with Crippen molar-refractivity contribution in [1.82, 2.24) is 0 Å². The van der Waals surface area contributed by atoms with Gasteiger partial charge in [-0.05, 0) is 31.3 Å². The zero-order valence-electron chi connectivity index (χ0n) is 9.68. The molecule has 0 aromatic heterocycles. The lowest BCUT2D eigenvalue weighted by Gasteiger charge is -2.36. The third-order valence-corrected chi connectivity index (χ3v) is 3.40. The summed E-state index contributed by atoms with van der Waals surface area (Å²) < 4.78 is 0. The van der Waals surface area contributed by atoms with Crippen LogP contribution in [0.5, 0.6) is 0 Å². The van der Waals surface area contributed by atoms with Crippen LogP contribution in [0.1, 0.15) is 19.3 Å². The molecule has 0 bridgehead atoms. The summed E-state index contributed by atoms with van der Waals surface area (Å²) in [5.41, 5.74) is 1.26. The van der Waals surface area contributed by atoms with E-state index in [0.717, 1.165) is 12.5 Å². The smallest absolute Gasteiger partial charge is 0.0576 e. The van der Waals surface area contributed by atoms with Gasteiger partial charge >= 0.3 is 0 Å². The molecule has 2 aliphatic rings. The predicted molar refractivity (Wildman–Crippen MR) is 70.8 cm³/mol. The molecule has 0 spiro atoms. The van der Waals surface area contributed by atoms with E-state index in [-0.39, 0.29) is 0 Å². The van der Waals surface area contributed by atoms with E-state index in [9.17, 15) is 0 Å². The average Bonchev–Trinajstić information content (AvgIpc) is 2.26. The van der Waals surface area contributed by atoms with Crippen molar-refractivity contribution >= 4 is 5.71 Å². The van der Waals surface area contributed by atoms with E-state index in [2.05, 4.69) is 42.0 Å². The van der Waals surface area contributed by atoms with E-state index >= 15 is 0 Å². The number of nitrogens with zero attached hydrogens (tertiary/aromatic N) is 1. The molecule has 1 aliphatic heterocycles. The van der Waals surface area contributed by atoms with Crippen LogP contribution in [0, 0.1) is 11.8 Å². The molecule has 1 saturated carbocycles. The first-order valence-electron chi connectivity index (χ1n) is 6.07. The molecule has 1 heterocycles. The third kappa shape index (κ3) is 2.60. The maximum atomic E-state index is 4.67. The molecule has 84 valence electrons. The Hall–Kier alpha value is -1.37. The van der Waals surface area contributed by atoms with E-state index in [1.54, 1.807) is 0 Å². The number of rotatable bonds is 2. The van der Waals surface area contributed by atoms with E-state index < -0.39 is 0 Å². The maximum absolute atomic E-state index is 4.67. The fraction of sp³-hybridized carbons (Fsp3) is 0.400. The third-order valence-electron chi connectivity index (χ3n) is 3.40. The van der Waals surface area contributed by atoms with Gasteiger partial charge in [-0.2, -0.15) is 0 Å². The molecule has 1 aliphatic carbocycles. The SMILES string of the molecule is C=C/C=C\C1=N\C/C=C\C=C/CC2CCC12. The van der Waals surface area contributed by atoms with Crippen molar-refractivity contribution in [1.29, 1.82) is 0 Å². The van der Waals surface area contributed by atoms with Crippen molar-refractivity contribution in [3.8, 4) is 0 Å². The number of hydrogen-bond acceptors (Lipinski definition) is 1. The highest BCUT2D eigenvalue weighted by atomic mass is 14.7. The Balaban J connectivity index is 2.15. The molecule has 0 radical (unpaired) electrons. The summed E-state index contributed by atoms with van der Waals surface area (Å²) in [7, 11) is 0. The van der Waals surface area contributed by atoms with Crippen LogP contribution in [0.15, 0.2) is 54.1 Å². The van der Waals surface area contributed by atoms with Crippen LogP contribution in [0.25, 0.3) is 0 Å². The highest BCUT2D eigenvalue weighted by Gasteiger charge is 2.32. The minimum absolute atomic E-state index is 0.673. The van der Waals surface area contributed by atoms with Crippen molar-refractivity contribution in [3.63, 3.8) is 0 Å². The highest BCUT2D eigenvalue weighted by Crippen LogP contribution is 2.38. The van der Waals surface area contributed by atoms with E-state index in [1.807, 2.05) is 12.2 Å². The van der Waals surface area contributed by atoms with Crippen molar-refractivity contribution in [2.75, 3.05) is 6.54 Å². The van der Waals surface area contributed by atoms with Gasteiger partial charge < -0.3 is 0 Å². The van der Waals surface area contributed by atoms with Crippen LogP contribution < -0.4 is 0 Å². The van der Waals surface area contributed by atoms with Crippen molar-refractivity contribution < 1.29 is 0 Å². The average molecular weight is 213 g/mol. The molecule has 0 amide bonds.